The van der Waals surface area contributed by atoms with Gasteiger partial charge in [0.05, 0.1) is 10.7 Å². The highest BCUT2D eigenvalue weighted by Crippen LogP contribution is 2.23. The number of benzene rings is 1. The van der Waals surface area contributed by atoms with Gasteiger partial charge in [-0.1, -0.05) is 23.7 Å². The van der Waals surface area contributed by atoms with Crippen molar-refractivity contribution in [2.45, 2.75) is 12.5 Å². The van der Waals surface area contributed by atoms with Crippen LogP contribution in [0.3, 0.4) is 0 Å². The summed E-state index contributed by atoms with van der Waals surface area (Å²) in [7, 11) is 0. The molecule has 1 aromatic rings. The second-order valence-corrected chi connectivity index (χ2v) is 3.37. The number of hydrogen-bond acceptors (Lipinski definition) is 3. The summed E-state index contributed by atoms with van der Waals surface area (Å²) in [6.45, 7) is 0. The van der Waals surface area contributed by atoms with E-state index in [1.54, 1.807) is 18.2 Å². The summed E-state index contributed by atoms with van der Waals surface area (Å²) in [5.41, 5.74) is 12.1. The minimum atomic E-state index is -1.05. The minimum Gasteiger partial charge on any atom is -0.480 e. The molecule has 0 aliphatic rings. The number of aliphatic carboxylic acids is 1. The first kappa shape index (κ1) is 10.8. The Morgan fingerprint density at radius 1 is 1.57 bits per heavy atom. The van der Waals surface area contributed by atoms with Crippen molar-refractivity contribution in [1.29, 1.82) is 0 Å². The van der Waals surface area contributed by atoms with E-state index >= 15 is 0 Å². The van der Waals surface area contributed by atoms with Crippen molar-refractivity contribution in [2.75, 3.05) is 5.73 Å². The van der Waals surface area contributed by atoms with Crippen molar-refractivity contribution in [2.24, 2.45) is 5.73 Å². The molecule has 5 N–H and O–H groups in total. The van der Waals surface area contributed by atoms with Gasteiger partial charge in [0.1, 0.15) is 6.04 Å². The highest BCUT2D eigenvalue weighted by molar-refractivity contribution is 6.33. The van der Waals surface area contributed by atoms with Crippen molar-refractivity contribution in [3.63, 3.8) is 0 Å². The highest BCUT2D eigenvalue weighted by atomic mass is 35.5. The summed E-state index contributed by atoms with van der Waals surface area (Å²) in [6, 6.07) is 4.12. The Hall–Kier alpha value is -1.26. The molecule has 0 saturated carbocycles. The fraction of sp³-hybridized carbons (Fsp3) is 0.222. The first-order chi connectivity index (χ1) is 6.52. The lowest BCUT2D eigenvalue weighted by molar-refractivity contribution is -0.138. The largest absolute Gasteiger partial charge is 0.480 e. The van der Waals surface area contributed by atoms with E-state index in [1.165, 1.54) is 0 Å². The summed E-state index contributed by atoms with van der Waals surface area (Å²) >= 11 is 5.76. The second kappa shape index (κ2) is 4.30. The van der Waals surface area contributed by atoms with E-state index in [-0.39, 0.29) is 6.42 Å². The van der Waals surface area contributed by atoms with Crippen molar-refractivity contribution >= 4 is 23.3 Å². The number of hydrogen-bond donors (Lipinski definition) is 3. The van der Waals surface area contributed by atoms with E-state index < -0.39 is 12.0 Å². The average Bonchev–Trinajstić information content (AvgIpc) is 2.12. The van der Waals surface area contributed by atoms with Gasteiger partial charge in [0.15, 0.2) is 0 Å². The van der Waals surface area contributed by atoms with Crippen molar-refractivity contribution in [1.82, 2.24) is 0 Å². The lowest BCUT2D eigenvalue weighted by Gasteiger charge is -2.09. The van der Waals surface area contributed by atoms with E-state index in [2.05, 4.69) is 0 Å². The Morgan fingerprint density at radius 2 is 2.21 bits per heavy atom. The summed E-state index contributed by atoms with van der Waals surface area (Å²) in [5, 5.41) is 9.02. The minimum absolute atomic E-state index is 0.182. The van der Waals surface area contributed by atoms with Crippen LogP contribution in [0, 0.1) is 0 Å². The molecule has 0 aromatic heterocycles. The maximum absolute atomic E-state index is 10.5. The molecule has 0 aliphatic carbocycles. The Balaban J connectivity index is 2.87. The molecule has 14 heavy (non-hydrogen) atoms. The van der Waals surface area contributed by atoms with Gasteiger partial charge in [-0.05, 0) is 11.6 Å². The molecular formula is C9H11ClN2O2. The molecule has 1 unspecified atom stereocenters. The van der Waals surface area contributed by atoms with E-state index in [9.17, 15) is 4.79 Å². The van der Waals surface area contributed by atoms with Crippen LogP contribution in [0.5, 0.6) is 0 Å². The third kappa shape index (κ3) is 2.37. The zero-order chi connectivity index (χ0) is 10.7. The van der Waals surface area contributed by atoms with Crippen molar-refractivity contribution < 1.29 is 9.90 Å². The monoisotopic (exact) mass is 214 g/mol. The molecule has 0 amide bonds. The van der Waals surface area contributed by atoms with Crippen LogP contribution in [0.15, 0.2) is 18.2 Å². The van der Waals surface area contributed by atoms with Gasteiger partial charge < -0.3 is 16.6 Å². The Bertz CT molecular complexity index is 355. The quantitative estimate of drug-likeness (QED) is 0.652. The van der Waals surface area contributed by atoms with Crippen molar-refractivity contribution in [3.8, 4) is 0 Å². The molecule has 0 radical (unpaired) electrons. The molecule has 1 aromatic carbocycles. The van der Waals surface area contributed by atoms with Gasteiger partial charge in [-0.15, -0.1) is 0 Å². The molecule has 0 spiro atoms. The lowest BCUT2D eigenvalue weighted by atomic mass is 10.1. The van der Waals surface area contributed by atoms with Crippen LogP contribution < -0.4 is 11.5 Å². The summed E-state index contributed by atoms with van der Waals surface area (Å²) in [5.74, 6) is -1.05. The molecule has 0 saturated heterocycles. The normalized spacial score (nSPS) is 12.4. The summed E-state index contributed by atoms with van der Waals surface area (Å²) in [6.07, 6.45) is 0.182. The molecule has 1 rings (SSSR count). The van der Waals surface area contributed by atoms with Crippen LogP contribution in [-0.2, 0) is 11.2 Å². The number of nitrogen functional groups attached to an aromatic ring is 1. The molecular weight excluding hydrogens is 204 g/mol. The van der Waals surface area contributed by atoms with Crippen molar-refractivity contribution in [3.05, 3.63) is 28.8 Å². The van der Waals surface area contributed by atoms with Crippen LogP contribution in [0.25, 0.3) is 0 Å². The Labute approximate surface area is 86.5 Å². The molecule has 1 atom stereocenters. The summed E-state index contributed by atoms with van der Waals surface area (Å²) < 4.78 is 0. The predicted octanol–water partition coefficient (Wildman–Crippen LogP) is 0.877. The van der Waals surface area contributed by atoms with E-state index in [0.717, 1.165) is 0 Å². The molecule has 0 aliphatic heterocycles. The molecule has 4 nitrogen and oxygen atoms in total. The van der Waals surface area contributed by atoms with Gasteiger partial charge in [0.25, 0.3) is 0 Å². The standard InChI is InChI=1S/C9H11ClN2O2/c10-6-3-1-2-5(8(6)12)4-7(11)9(13)14/h1-3,7H,4,11-12H2,(H,13,14). The number of carbonyl (C=O) groups is 1. The number of anilines is 1. The molecule has 0 heterocycles. The highest BCUT2D eigenvalue weighted by Gasteiger charge is 2.14. The van der Waals surface area contributed by atoms with Gasteiger partial charge in [-0.25, -0.2) is 0 Å². The number of para-hydroxylation sites is 1. The predicted molar refractivity (Wildman–Crippen MR) is 55.2 cm³/mol. The number of rotatable bonds is 3. The first-order valence-electron chi connectivity index (χ1n) is 4.03. The van der Waals surface area contributed by atoms with Gasteiger partial charge >= 0.3 is 5.97 Å². The fourth-order valence-electron chi connectivity index (χ4n) is 1.08. The maximum Gasteiger partial charge on any atom is 0.320 e. The van der Waals surface area contributed by atoms with Crippen LogP contribution in [-0.4, -0.2) is 17.1 Å². The van der Waals surface area contributed by atoms with Gasteiger partial charge in [0.2, 0.25) is 0 Å². The van der Waals surface area contributed by atoms with Crippen LogP contribution in [0.4, 0.5) is 5.69 Å². The third-order valence-electron chi connectivity index (χ3n) is 1.90. The van der Waals surface area contributed by atoms with Crippen LogP contribution >= 0.6 is 11.6 Å². The Morgan fingerprint density at radius 3 is 2.79 bits per heavy atom. The molecule has 76 valence electrons. The van der Waals surface area contributed by atoms with E-state index in [0.29, 0.717) is 16.3 Å². The van der Waals surface area contributed by atoms with Gasteiger partial charge in [-0.3, -0.25) is 4.79 Å². The Kier molecular flexibility index (Phi) is 3.33. The SMILES string of the molecule is Nc1c(Cl)cccc1CC(N)C(=O)O. The first-order valence-corrected chi connectivity index (χ1v) is 4.41. The fourth-order valence-corrected chi connectivity index (χ4v) is 1.28. The summed E-state index contributed by atoms with van der Waals surface area (Å²) in [4.78, 5) is 10.5. The topological polar surface area (TPSA) is 89.3 Å². The zero-order valence-corrected chi connectivity index (χ0v) is 8.16. The van der Waals surface area contributed by atoms with E-state index in [1.807, 2.05) is 0 Å². The molecule has 0 fully saturated rings. The number of halogens is 1. The lowest BCUT2D eigenvalue weighted by Crippen LogP contribution is -2.32. The van der Waals surface area contributed by atoms with Crippen LogP contribution in [0.2, 0.25) is 5.02 Å². The smallest absolute Gasteiger partial charge is 0.320 e. The number of carboxylic acid groups (broad SMARTS) is 1. The number of carboxylic acids is 1. The average molecular weight is 215 g/mol. The molecule has 5 heteroatoms. The third-order valence-corrected chi connectivity index (χ3v) is 2.23. The second-order valence-electron chi connectivity index (χ2n) is 2.96. The molecule has 0 bridgehead atoms. The van der Waals surface area contributed by atoms with Gasteiger partial charge in [-0.2, -0.15) is 0 Å². The zero-order valence-electron chi connectivity index (χ0n) is 7.40. The number of nitrogens with two attached hydrogens (primary N) is 2. The van der Waals surface area contributed by atoms with E-state index in [4.69, 9.17) is 28.2 Å². The van der Waals surface area contributed by atoms with Gasteiger partial charge in [0, 0.05) is 6.42 Å². The maximum atomic E-state index is 10.5. The van der Waals surface area contributed by atoms with Crippen LogP contribution in [0.1, 0.15) is 5.56 Å².